The first-order chi connectivity index (χ1) is 14.0. The second-order valence-electron chi connectivity index (χ2n) is 7.53. The molecule has 0 aliphatic carbocycles. The highest BCUT2D eigenvalue weighted by atomic mass is 16.5. The molecule has 0 radical (unpaired) electrons. The van der Waals surface area contributed by atoms with Crippen LogP contribution in [0.25, 0.3) is 11.0 Å². The number of hydrogen-bond acceptors (Lipinski definition) is 5. The van der Waals surface area contributed by atoms with Gasteiger partial charge in [0.25, 0.3) is 5.91 Å². The highest BCUT2D eigenvalue weighted by Gasteiger charge is 2.42. The number of amides is 1. The second kappa shape index (κ2) is 7.67. The Balaban J connectivity index is 1.87. The maximum absolute atomic E-state index is 13.4. The lowest BCUT2D eigenvalue weighted by Gasteiger charge is -2.25. The van der Waals surface area contributed by atoms with Crippen molar-refractivity contribution in [1.29, 1.82) is 0 Å². The molecule has 0 spiro atoms. The average Bonchev–Trinajstić information content (AvgIpc) is 3.00. The third-order valence-corrected chi connectivity index (χ3v) is 5.25. The minimum Gasteiger partial charge on any atom is -0.497 e. The molecule has 1 aliphatic heterocycles. The number of benzene rings is 1. The van der Waals surface area contributed by atoms with E-state index in [0.717, 1.165) is 18.5 Å². The number of quaternary nitrogens is 1. The van der Waals surface area contributed by atoms with Crippen LogP contribution in [0.4, 0.5) is 0 Å². The van der Waals surface area contributed by atoms with E-state index in [1.54, 1.807) is 42.6 Å². The molecule has 1 aliphatic rings. The third kappa shape index (κ3) is 3.38. The fourth-order valence-electron chi connectivity index (χ4n) is 3.84. The fraction of sp³-hybridized carbons (Fsp3) is 0.318. The maximum Gasteiger partial charge on any atom is 0.290 e. The quantitative estimate of drug-likeness (QED) is 0.682. The van der Waals surface area contributed by atoms with Gasteiger partial charge < -0.3 is 19.0 Å². The van der Waals surface area contributed by atoms with Crippen LogP contribution in [0.15, 0.2) is 51.9 Å². The zero-order valence-corrected chi connectivity index (χ0v) is 16.8. The molecule has 1 N–H and O–H groups in total. The molecule has 0 saturated heterocycles. The van der Waals surface area contributed by atoms with Crippen molar-refractivity contribution in [2.75, 3.05) is 34.3 Å². The molecule has 4 rings (SSSR count). The Hall–Kier alpha value is -3.19. The smallest absolute Gasteiger partial charge is 0.290 e. The van der Waals surface area contributed by atoms with E-state index in [1.165, 1.54) is 4.90 Å². The van der Waals surface area contributed by atoms with Crippen LogP contribution < -0.4 is 15.1 Å². The standard InChI is InChI=1S/C22H23N3O4/c1-24(2)10-5-11-25-19(14-6-4-9-23-13-14)18-20(26)16-8-7-15(28-3)12-17(16)29-21(18)22(25)27/h4,6-9,12-13,19H,5,10-11H2,1-3H3/p+1/t19-/m0/s1. The number of hydrogen-bond donors (Lipinski definition) is 1. The topological polar surface area (TPSA) is 77.1 Å². The van der Waals surface area contributed by atoms with Crippen molar-refractivity contribution in [3.63, 3.8) is 0 Å². The summed E-state index contributed by atoms with van der Waals surface area (Å²) in [5.74, 6) is 0.423. The predicted molar refractivity (Wildman–Crippen MR) is 108 cm³/mol. The highest BCUT2D eigenvalue weighted by molar-refractivity contribution is 5.99. The predicted octanol–water partition coefficient (Wildman–Crippen LogP) is 1.28. The molecule has 29 heavy (non-hydrogen) atoms. The molecule has 150 valence electrons. The van der Waals surface area contributed by atoms with Gasteiger partial charge in [-0.25, -0.2) is 0 Å². The van der Waals surface area contributed by atoms with E-state index < -0.39 is 6.04 Å². The van der Waals surface area contributed by atoms with Gasteiger partial charge in [0.2, 0.25) is 5.76 Å². The largest absolute Gasteiger partial charge is 0.497 e. The van der Waals surface area contributed by atoms with E-state index in [1.807, 2.05) is 12.1 Å². The Morgan fingerprint density at radius 2 is 2.07 bits per heavy atom. The van der Waals surface area contributed by atoms with Crippen molar-refractivity contribution < 1.29 is 18.8 Å². The van der Waals surface area contributed by atoms with Gasteiger partial charge in [0.15, 0.2) is 5.43 Å². The van der Waals surface area contributed by atoms with Crippen molar-refractivity contribution in [3.8, 4) is 5.75 Å². The van der Waals surface area contributed by atoms with Crippen LogP contribution in [0, 0.1) is 0 Å². The van der Waals surface area contributed by atoms with E-state index in [4.69, 9.17) is 9.15 Å². The van der Waals surface area contributed by atoms with Crippen molar-refractivity contribution >= 4 is 16.9 Å². The lowest BCUT2D eigenvalue weighted by Crippen LogP contribution is -3.05. The van der Waals surface area contributed by atoms with Gasteiger partial charge in [-0.3, -0.25) is 14.6 Å². The van der Waals surface area contributed by atoms with E-state index in [9.17, 15) is 9.59 Å². The van der Waals surface area contributed by atoms with Crippen LogP contribution in [0.1, 0.15) is 34.1 Å². The number of fused-ring (bicyclic) bond motifs is 2. The zero-order valence-electron chi connectivity index (χ0n) is 16.8. The van der Waals surface area contributed by atoms with Gasteiger partial charge in [0.1, 0.15) is 11.3 Å². The summed E-state index contributed by atoms with van der Waals surface area (Å²) in [6.45, 7) is 1.45. The van der Waals surface area contributed by atoms with Crippen LogP contribution >= 0.6 is 0 Å². The molecule has 2 aromatic heterocycles. The van der Waals surface area contributed by atoms with Crippen LogP contribution in [-0.2, 0) is 0 Å². The molecular formula is C22H24N3O4+. The molecular weight excluding hydrogens is 370 g/mol. The first-order valence-electron chi connectivity index (χ1n) is 9.66. The Kier molecular flexibility index (Phi) is 5.07. The van der Waals surface area contributed by atoms with Crippen LogP contribution in [0.5, 0.6) is 5.75 Å². The van der Waals surface area contributed by atoms with Gasteiger partial charge in [-0.2, -0.15) is 0 Å². The number of carbonyl (C=O) groups is 1. The number of nitrogens with zero attached hydrogens (tertiary/aromatic N) is 2. The summed E-state index contributed by atoms with van der Waals surface area (Å²) in [4.78, 5) is 33.8. The van der Waals surface area contributed by atoms with Gasteiger partial charge in [-0.05, 0) is 23.8 Å². The summed E-state index contributed by atoms with van der Waals surface area (Å²) in [6, 6.07) is 8.25. The lowest BCUT2D eigenvalue weighted by atomic mass is 10.00. The molecule has 1 atom stereocenters. The van der Waals surface area contributed by atoms with Gasteiger partial charge in [0, 0.05) is 31.4 Å². The first-order valence-corrected chi connectivity index (χ1v) is 9.66. The minimum absolute atomic E-state index is 0.113. The van der Waals surface area contributed by atoms with Gasteiger partial charge in [-0.15, -0.1) is 0 Å². The van der Waals surface area contributed by atoms with Gasteiger partial charge >= 0.3 is 0 Å². The summed E-state index contributed by atoms with van der Waals surface area (Å²) in [6.07, 6.45) is 4.20. The number of ether oxygens (including phenoxy) is 1. The monoisotopic (exact) mass is 394 g/mol. The summed E-state index contributed by atoms with van der Waals surface area (Å²) in [7, 11) is 5.69. The Labute approximate surface area is 168 Å². The molecule has 7 heteroatoms. The molecule has 0 fully saturated rings. The Morgan fingerprint density at radius 1 is 1.24 bits per heavy atom. The summed E-state index contributed by atoms with van der Waals surface area (Å²) < 4.78 is 11.2. The molecule has 3 heterocycles. The van der Waals surface area contributed by atoms with Crippen molar-refractivity contribution in [2.45, 2.75) is 12.5 Å². The minimum atomic E-state index is -0.494. The molecule has 0 unspecified atom stereocenters. The number of carbonyl (C=O) groups excluding carboxylic acids is 1. The molecule has 7 nitrogen and oxygen atoms in total. The van der Waals surface area contributed by atoms with Crippen LogP contribution in [0.2, 0.25) is 0 Å². The fourth-order valence-corrected chi connectivity index (χ4v) is 3.84. The molecule has 0 bridgehead atoms. The average molecular weight is 394 g/mol. The van der Waals surface area contributed by atoms with Crippen molar-refractivity contribution in [1.82, 2.24) is 9.88 Å². The van der Waals surface area contributed by atoms with Crippen molar-refractivity contribution in [3.05, 3.63) is 69.8 Å². The number of nitrogens with one attached hydrogen (secondary N) is 1. The Morgan fingerprint density at radius 3 is 2.76 bits per heavy atom. The number of rotatable bonds is 6. The number of methoxy groups -OCH3 is 1. The zero-order chi connectivity index (χ0) is 20.5. The lowest BCUT2D eigenvalue weighted by molar-refractivity contribution is -0.858. The van der Waals surface area contributed by atoms with Crippen LogP contribution in [-0.4, -0.2) is 50.1 Å². The van der Waals surface area contributed by atoms with E-state index in [-0.39, 0.29) is 17.1 Å². The van der Waals surface area contributed by atoms with Crippen molar-refractivity contribution in [2.24, 2.45) is 0 Å². The second-order valence-corrected chi connectivity index (χ2v) is 7.53. The molecule has 0 saturated carbocycles. The molecule has 1 amide bonds. The third-order valence-electron chi connectivity index (χ3n) is 5.25. The normalized spacial score (nSPS) is 15.9. The first kappa shape index (κ1) is 19.1. The maximum atomic E-state index is 13.4. The summed E-state index contributed by atoms with van der Waals surface area (Å²) >= 11 is 0. The molecule has 3 aromatic rings. The summed E-state index contributed by atoms with van der Waals surface area (Å²) in [5, 5.41) is 0.436. The van der Waals surface area contributed by atoms with Crippen LogP contribution in [0.3, 0.4) is 0 Å². The Bertz CT molecular complexity index is 1110. The SMILES string of the molecule is COc1ccc2c(=O)c3c(oc2c1)C(=O)N(CCC[NH+](C)C)[C@H]3c1cccnc1. The highest BCUT2D eigenvalue weighted by Crippen LogP contribution is 2.38. The summed E-state index contributed by atoms with van der Waals surface area (Å²) in [5.41, 5.74) is 1.35. The van der Waals surface area contributed by atoms with Gasteiger partial charge in [-0.1, -0.05) is 6.07 Å². The number of aromatic nitrogens is 1. The van der Waals surface area contributed by atoms with Gasteiger partial charge in [0.05, 0.1) is 44.7 Å². The molecule has 1 aromatic carbocycles. The van der Waals surface area contributed by atoms with E-state index in [2.05, 4.69) is 19.1 Å². The number of pyridine rings is 1. The van der Waals surface area contributed by atoms with E-state index in [0.29, 0.717) is 28.8 Å². The van der Waals surface area contributed by atoms with E-state index >= 15 is 0 Å².